The van der Waals surface area contributed by atoms with Gasteiger partial charge in [-0.3, -0.25) is 4.98 Å². The van der Waals surface area contributed by atoms with E-state index in [1.54, 1.807) is 11.9 Å². The first-order valence-corrected chi connectivity index (χ1v) is 9.48. The molecule has 1 aromatic heterocycles. The molecule has 0 spiro atoms. The van der Waals surface area contributed by atoms with Gasteiger partial charge in [0.2, 0.25) is 0 Å². The molecule has 1 N–H and O–H groups in total. The van der Waals surface area contributed by atoms with Crippen LogP contribution in [0.2, 0.25) is 0 Å². The minimum Gasteiger partial charge on any atom is -0.486 e. The van der Waals surface area contributed by atoms with Crippen molar-refractivity contribution < 1.29 is 14.3 Å². The number of pyridine rings is 1. The van der Waals surface area contributed by atoms with Gasteiger partial charge in [0.25, 0.3) is 0 Å². The molecule has 2 amide bonds. The number of urea groups is 1. The highest BCUT2D eigenvalue weighted by Gasteiger charge is 2.20. The largest absolute Gasteiger partial charge is 0.486 e. The maximum atomic E-state index is 12.6. The molecule has 6 heteroatoms. The average Bonchev–Trinajstić information content (AvgIpc) is 3.18. The zero-order valence-corrected chi connectivity index (χ0v) is 15.8. The molecule has 4 rings (SSSR count). The Balaban J connectivity index is 1.38. The van der Waals surface area contributed by atoms with E-state index in [0.29, 0.717) is 19.8 Å². The standard InChI is InChI=1S/C21H25N3O3/c1-14(16-6-7-19-20(11-16)27-9-8-26-19)24(2)21(25)23-13-15-10-17-4-3-5-18(17)22-12-15/h6-7,10-12,14H,3-5,8-9,13H2,1-2H3,(H,23,25)/t14-/m0/s1. The number of amides is 2. The van der Waals surface area contributed by atoms with E-state index in [9.17, 15) is 4.79 Å². The molecule has 0 radical (unpaired) electrons. The summed E-state index contributed by atoms with van der Waals surface area (Å²) in [7, 11) is 1.80. The first-order chi connectivity index (χ1) is 13.1. The minimum atomic E-state index is -0.113. The van der Waals surface area contributed by atoms with Crippen LogP contribution in [0.15, 0.2) is 30.5 Å². The minimum absolute atomic E-state index is 0.0843. The number of aromatic nitrogens is 1. The summed E-state index contributed by atoms with van der Waals surface area (Å²) in [5, 5.41) is 2.99. The second kappa shape index (κ2) is 7.47. The van der Waals surface area contributed by atoms with Crippen molar-refractivity contribution >= 4 is 6.03 Å². The number of fused-ring (bicyclic) bond motifs is 2. The van der Waals surface area contributed by atoms with E-state index in [2.05, 4.69) is 16.4 Å². The molecule has 1 aliphatic carbocycles. The smallest absolute Gasteiger partial charge is 0.317 e. The van der Waals surface area contributed by atoms with Gasteiger partial charge in [0, 0.05) is 25.5 Å². The maximum Gasteiger partial charge on any atom is 0.317 e. The molecule has 142 valence electrons. The number of benzene rings is 1. The Morgan fingerprint density at radius 3 is 2.89 bits per heavy atom. The van der Waals surface area contributed by atoms with Crippen LogP contribution in [0.5, 0.6) is 11.5 Å². The second-order valence-electron chi connectivity index (χ2n) is 7.15. The van der Waals surface area contributed by atoms with Gasteiger partial charge >= 0.3 is 6.03 Å². The molecule has 0 unspecified atom stereocenters. The zero-order valence-electron chi connectivity index (χ0n) is 15.8. The number of hydrogen-bond acceptors (Lipinski definition) is 4. The van der Waals surface area contributed by atoms with E-state index in [0.717, 1.165) is 35.5 Å². The van der Waals surface area contributed by atoms with E-state index in [-0.39, 0.29) is 12.1 Å². The van der Waals surface area contributed by atoms with Crippen LogP contribution in [-0.4, -0.2) is 36.2 Å². The number of aryl methyl sites for hydroxylation is 2. The lowest BCUT2D eigenvalue weighted by atomic mass is 10.1. The first kappa shape index (κ1) is 17.6. The molecule has 1 aromatic carbocycles. The van der Waals surface area contributed by atoms with Gasteiger partial charge in [-0.15, -0.1) is 0 Å². The molecule has 2 aromatic rings. The summed E-state index contributed by atoms with van der Waals surface area (Å²) in [5.41, 5.74) is 4.58. The Kier molecular flexibility index (Phi) is 4.88. The highest BCUT2D eigenvalue weighted by atomic mass is 16.6. The summed E-state index contributed by atoms with van der Waals surface area (Å²) in [5.74, 6) is 1.50. The fraction of sp³-hybridized carbons (Fsp3) is 0.429. The van der Waals surface area contributed by atoms with Crippen molar-refractivity contribution in [1.29, 1.82) is 0 Å². The van der Waals surface area contributed by atoms with Gasteiger partial charge in [-0.05, 0) is 55.0 Å². The predicted molar refractivity (Wildman–Crippen MR) is 102 cm³/mol. The number of carbonyl (C=O) groups is 1. The van der Waals surface area contributed by atoms with Crippen LogP contribution in [0.25, 0.3) is 0 Å². The fourth-order valence-corrected chi connectivity index (χ4v) is 3.59. The first-order valence-electron chi connectivity index (χ1n) is 9.48. The summed E-state index contributed by atoms with van der Waals surface area (Å²) in [4.78, 5) is 18.8. The van der Waals surface area contributed by atoms with Crippen LogP contribution in [0.3, 0.4) is 0 Å². The molecule has 2 heterocycles. The summed E-state index contributed by atoms with van der Waals surface area (Å²) in [6.45, 7) is 3.61. The third-order valence-corrected chi connectivity index (χ3v) is 5.37. The van der Waals surface area contributed by atoms with Crippen LogP contribution in [-0.2, 0) is 19.4 Å². The van der Waals surface area contributed by atoms with Crippen molar-refractivity contribution in [2.75, 3.05) is 20.3 Å². The summed E-state index contributed by atoms with van der Waals surface area (Å²) < 4.78 is 11.2. The highest BCUT2D eigenvalue weighted by molar-refractivity contribution is 5.74. The number of nitrogens with one attached hydrogen (secondary N) is 1. The third kappa shape index (κ3) is 3.70. The molecule has 2 aliphatic rings. The fourth-order valence-electron chi connectivity index (χ4n) is 3.59. The average molecular weight is 367 g/mol. The van der Waals surface area contributed by atoms with E-state index in [1.807, 2.05) is 31.3 Å². The number of hydrogen-bond donors (Lipinski definition) is 1. The normalized spacial score (nSPS) is 15.8. The summed E-state index contributed by atoms with van der Waals surface area (Å²) in [6.07, 6.45) is 5.20. The molecular weight excluding hydrogens is 342 g/mol. The van der Waals surface area contributed by atoms with Crippen LogP contribution < -0.4 is 14.8 Å². The molecule has 0 bridgehead atoms. The van der Waals surface area contributed by atoms with Crippen molar-refractivity contribution in [3.63, 3.8) is 0 Å². The maximum absolute atomic E-state index is 12.6. The van der Waals surface area contributed by atoms with Crippen molar-refractivity contribution in [2.24, 2.45) is 0 Å². The SMILES string of the molecule is C[C@@H](c1ccc2c(c1)OCCO2)N(C)C(=O)NCc1cnc2c(c1)CCC2. The van der Waals surface area contributed by atoms with E-state index >= 15 is 0 Å². The number of ether oxygens (including phenoxy) is 2. The quantitative estimate of drug-likeness (QED) is 0.901. The second-order valence-corrected chi connectivity index (χ2v) is 7.15. The molecule has 6 nitrogen and oxygen atoms in total. The Morgan fingerprint density at radius 1 is 1.22 bits per heavy atom. The van der Waals surface area contributed by atoms with Gasteiger partial charge in [-0.1, -0.05) is 12.1 Å². The summed E-state index contributed by atoms with van der Waals surface area (Å²) in [6, 6.07) is 7.80. The van der Waals surface area contributed by atoms with Crippen LogP contribution in [0, 0.1) is 0 Å². The zero-order chi connectivity index (χ0) is 18.8. The summed E-state index contributed by atoms with van der Waals surface area (Å²) >= 11 is 0. The molecule has 0 saturated heterocycles. The lowest BCUT2D eigenvalue weighted by Crippen LogP contribution is -2.38. The van der Waals surface area contributed by atoms with E-state index < -0.39 is 0 Å². The highest BCUT2D eigenvalue weighted by Crippen LogP contribution is 2.33. The molecule has 0 fully saturated rings. The monoisotopic (exact) mass is 367 g/mol. The van der Waals surface area contributed by atoms with Gasteiger partial charge in [0.1, 0.15) is 13.2 Å². The molecule has 27 heavy (non-hydrogen) atoms. The Hall–Kier alpha value is -2.76. The Bertz CT molecular complexity index is 853. The lowest BCUT2D eigenvalue weighted by molar-refractivity contribution is 0.170. The number of rotatable bonds is 4. The van der Waals surface area contributed by atoms with Crippen molar-refractivity contribution in [1.82, 2.24) is 15.2 Å². The Morgan fingerprint density at radius 2 is 2.04 bits per heavy atom. The van der Waals surface area contributed by atoms with E-state index in [4.69, 9.17) is 9.47 Å². The van der Waals surface area contributed by atoms with Gasteiger partial charge < -0.3 is 19.7 Å². The third-order valence-electron chi connectivity index (χ3n) is 5.37. The number of nitrogens with zero attached hydrogens (tertiary/aromatic N) is 2. The van der Waals surface area contributed by atoms with Crippen molar-refractivity contribution in [3.05, 3.63) is 52.8 Å². The molecule has 1 aliphatic heterocycles. The molecule has 1 atom stereocenters. The lowest BCUT2D eigenvalue weighted by Gasteiger charge is -2.27. The van der Waals surface area contributed by atoms with Crippen molar-refractivity contribution in [3.8, 4) is 11.5 Å². The predicted octanol–water partition coefficient (Wildman–Crippen LogP) is 3.24. The van der Waals surface area contributed by atoms with Crippen LogP contribution in [0.1, 0.15) is 41.8 Å². The molecule has 0 saturated carbocycles. The molecular formula is C21H25N3O3. The topological polar surface area (TPSA) is 63.7 Å². The van der Waals surface area contributed by atoms with Crippen molar-refractivity contribution in [2.45, 2.75) is 38.8 Å². The van der Waals surface area contributed by atoms with Gasteiger partial charge in [-0.25, -0.2) is 4.79 Å². The number of carbonyl (C=O) groups excluding carboxylic acids is 1. The van der Waals surface area contributed by atoms with Gasteiger partial charge in [0.05, 0.1) is 6.04 Å². The van der Waals surface area contributed by atoms with Gasteiger partial charge in [-0.2, -0.15) is 0 Å². The Labute approximate surface area is 159 Å². The van der Waals surface area contributed by atoms with Crippen LogP contribution in [0.4, 0.5) is 4.79 Å². The van der Waals surface area contributed by atoms with Crippen LogP contribution >= 0.6 is 0 Å². The van der Waals surface area contributed by atoms with Gasteiger partial charge in [0.15, 0.2) is 11.5 Å². The van der Waals surface area contributed by atoms with E-state index in [1.165, 1.54) is 17.7 Å².